The molecule has 2 saturated carbocycles. The van der Waals surface area contributed by atoms with Gasteiger partial charge in [0.25, 0.3) is 0 Å². The van der Waals surface area contributed by atoms with Crippen LogP contribution in [-0.4, -0.2) is 71.1 Å². The van der Waals surface area contributed by atoms with Crippen molar-refractivity contribution in [3.63, 3.8) is 0 Å². The molecule has 1 N–H and O–H groups in total. The number of benzene rings is 1. The molecule has 1 saturated heterocycles. The number of hydrogen-bond acceptors (Lipinski definition) is 8. The number of nitrogens with one attached hydrogen (secondary N) is 1. The lowest BCUT2D eigenvalue weighted by molar-refractivity contribution is -0.138. The Bertz CT molecular complexity index is 1360. The van der Waals surface area contributed by atoms with E-state index in [0.29, 0.717) is 35.9 Å². The summed E-state index contributed by atoms with van der Waals surface area (Å²) in [6.45, 7) is 2.26. The van der Waals surface area contributed by atoms with E-state index in [0.717, 1.165) is 94.5 Å². The number of methoxy groups -OCH3 is 1. The molecule has 2 aliphatic heterocycles. The van der Waals surface area contributed by atoms with Gasteiger partial charge in [0.2, 0.25) is 11.8 Å². The predicted octanol–water partition coefficient (Wildman–Crippen LogP) is 5.78. The first-order chi connectivity index (χ1) is 22.0. The van der Waals surface area contributed by atoms with Gasteiger partial charge < -0.3 is 29.2 Å². The summed E-state index contributed by atoms with van der Waals surface area (Å²) in [5, 5.41) is 3.02. The SMILES string of the molecule is CC[C@@H]1[C@@H]2CN(C(=O)[C@H](C3CCCCC3)NC(=O)O[C@@H]3CCC[C@H]3CCCCCc3nc4ccc(OC)cc4nc3O2)[C@@H]1C=O. The zero-order valence-electron chi connectivity index (χ0n) is 26.7. The average Bonchev–Trinajstić information content (AvgIpc) is 3.66. The lowest BCUT2D eigenvalue weighted by atomic mass is 9.83. The first-order valence-electron chi connectivity index (χ1n) is 17.2. The Morgan fingerprint density at radius 2 is 1.67 bits per heavy atom. The van der Waals surface area contributed by atoms with E-state index in [1.165, 1.54) is 0 Å². The summed E-state index contributed by atoms with van der Waals surface area (Å²) in [4.78, 5) is 51.9. The van der Waals surface area contributed by atoms with Crippen LogP contribution in [0.15, 0.2) is 18.2 Å². The largest absolute Gasteiger partial charge is 0.497 e. The van der Waals surface area contributed by atoms with Crippen molar-refractivity contribution in [3.05, 3.63) is 23.9 Å². The number of rotatable bonds is 4. The van der Waals surface area contributed by atoms with Crippen LogP contribution in [0.1, 0.15) is 96.1 Å². The number of aromatic nitrogens is 2. The highest BCUT2D eigenvalue weighted by molar-refractivity contribution is 5.88. The molecule has 6 atom stereocenters. The standard InChI is InChI=1S/C35H48N4O6/c1-3-25-29(21-40)39-20-31(25)44-33-27(36-26-18-17-24(43-2)19-28(26)37-33)15-9-5-6-11-22-14-10-16-30(22)45-35(42)38-32(34(39)41)23-12-7-4-8-13-23/h17-19,21-23,25,29-32H,3-16,20H2,1-2H3,(H,38,42)/t22-,25+,29-,30-,31+,32+/m1/s1. The van der Waals surface area contributed by atoms with Gasteiger partial charge in [0.05, 0.1) is 30.7 Å². The zero-order valence-corrected chi connectivity index (χ0v) is 26.7. The number of aldehydes is 1. The third-order valence-corrected chi connectivity index (χ3v) is 10.7. The minimum absolute atomic E-state index is 0.00376. The number of carbonyl (C=O) groups is 3. The monoisotopic (exact) mass is 620 g/mol. The van der Waals surface area contributed by atoms with Crippen LogP contribution in [0.25, 0.3) is 11.0 Å². The number of ether oxygens (including phenoxy) is 3. The second-order valence-corrected chi connectivity index (χ2v) is 13.4. The fourth-order valence-corrected chi connectivity index (χ4v) is 8.21. The van der Waals surface area contributed by atoms with Crippen LogP contribution in [0.5, 0.6) is 11.6 Å². The maximum absolute atomic E-state index is 14.4. The molecule has 45 heavy (non-hydrogen) atoms. The maximum Gasteiger partial charge on any atom is 0.408 e. The molecular formula is C35H48N4O6. The molecule has 0 radical (unpaired) electrons. The van der Waals surface area contributed by atoms with E-state index in [1.54, 1.807) is 12.0 Å². The van der Waals surface area contributed by atoms with Gasteiger partial charge >= 0.3 is 6.09 Å². The number of amides is 2. The molecule has 0 unspecified atom stereocenters. The number of fused-ring (bicyclic) bond motifs is 5. The summed E-state index contributed by atoms with van der Waals surface area (Å²) < 4.78 is 18.1. The molecule has 2 aliphatic carbocycles. The quantitative estimate of drug-likeness (QED) is 0.427. The van der Waals surface area contributed by atoms with Crippen molar-refractivity contribution in [1.82, 2.24) is 20.2 Å². The van der Waals surface area contributed by atoms with Gasteiger partial charge in [0, 0.05) is 12.0 Å². The third kappa shape index (κ3) is 6.89. The van der Waals surface area contributed by atoms with Crippen LogP contribution in [0.4, 0.5) is 4.79 Å². The molecule has 3 fully saturated rings. The van der Waals surface area contributed by atoms with Gasteiger partial charge in [-0.25, -0.2) is 14.8 Å². The van der Waals surface area contributed by atoms with Gasteiger partial charge in [0.1, 0.15) is 36.0 Å². The Morgan fingerprint density at radius 1 is 0.911 bits per heavy atom. The Hall–Kier alpha value is -3.43. The topological polar surface area (TPSA) is 120 Å². The van der Waals surface area contributed by atoms with Crippen molar-refractivity contribution < 1.29 is 28.6 Å². The van der Waals surface area contributed by atoms with Crippen LogP contribution in [-0.2, 0) is 20.7 Å². The fourth-order valence-electron chi connectivity index (χ4n) is 8.21. The van der Waals surface area contributed by atoms with Crippen LogP contribution < -0.4 is 14.8 Å². The van der Waals surface area contributed by atoms with Crippen molar-refractivity contribution >= 4 is 29.3 Å². The van der Waals surface area contributed by atoms with Gasteiger partial charge in [-0.2, -0.15) is 0 Å². The second-order valence-electron chi connectivity index (χ2n) is 13.4. The summed E-state index contributed by atoms with van der Waals surface area (Å²) >= 11 is 0. The lowest BCUT2D eigenvalue weighted by Gasteiger charge is -2.34. The average molecular weight is 621 g/mol. The summed E-state index contributed by atoms with van der Waals surface area (Å²) in [5.74, 6) is 1.04. The van der Waals surface area contributed by atoms with E-state index >= 15 is 0 Å². The van der Waals surface area contributed by atoms with E-state index in [-0.39, 0.29) is 30.4 Å². The molecule has 6 rings (SSSR count). The Kier molecular flexibility index (Phi) is 10.0. The molecule has 244 valence electrons. The van der Waals surface area contributed by atoms with Crippen molar-refractivity contribution in [3.8, 4) is 11.6 Å². The molecule has 2 bridgehead atoms. The highest BCUT2D eigenvalue weighted by Gasteiger charge is 2.48. The first kappa shape index (κ1) is 31.5. The van der Waals surface area contributed by atoms with Gasteiger partial charge in [0.15, 0.2) is 0 Å². The predicted molar refractivity (Wildman–Crippen MR) is 169 cm³/mol. The van der Waals surface area contributed by atoms with Gasteiger partial charge in [-0.1, -0.05) is 39.0 Å². The maximum atomic E-state index is 14.4. The molecule has 4 aliphatic rings. The van der Waals surface area contributed by atoms with Crippen molar-refractivity contribution in [2.45, 2.75) is 121 Å². The fraction of sp³-hybridized carbons (Fsp3) is 0.686. The first-order valence-corrected chi connectivity index (χ1v) is 17.2. The molecule has 1 aromatic heterocycles. The minimum Gasteiger partial charge on any atom is -0.497 e. The van der Waals surface area contributed by atoms with Gasteiger partial charge in [-0.05, 0) is 81.8 Å². The molecular weight excluding hydrogens is 572 g/mol. The van der Waals surface area contributed by atoms with Crippen molar-refractivity contribution in [1.29, 1.82) is 0 Å². The molecule has 2 amide bonds. The molecule has 3 heterocycles. The Morgan fingerprint density at radius 3 is 2.42 bits per heavy atom. The van der Waals surface area contributed by atoms with Crippen molar-refractivity contribution in [2.75, 3.05) is 13.7 Å². The summed E-state index contributed by atoms with van der Waals surface area (Å²) in [7, 11) is 1.62. The van der Waals surface area contributed by atoms with E-state index in [9.17, 15) is 14.4 Å². The van der Waals surface area contributed by atoms with E-state index in [1.807, 2.05) is 25.1 Å². The van der Waals surface area contributed by atoms with Gasteiger partial charge in [-0.15, -0.1) is 0 Å². The summed E-state index contributed by atoms with van der Waals surface area (Å²) in [5.41, 5.74) is 2.25. The number of nitrogens with zero attached hydrogens (tertiary/aromatic N) is 3. The van der Waals surface area contributed by atoms with Crippen LogP contribution in [0.2, 0.25) is 0 Å². The Balaban J connectivity index is 1.35. The van der Waals surface area contributed by atoms with E-state index in [4.69, 9.17) is 24.2 Å². The van der Waals surface area contributed by atoms with Gasteiger partial charge in [-0.3, -0.25) is 4.79 Å². The zero-order chi connectivity index (χ0) is 31.3. The molecule has 10 heteroatoms. The lowest BCUT2D eigenvalue weighted by Crippen LogP contribution is -2.55. The molecule has 10 nitrogen and oxygen atoms in total. The molecule has 0 spiro atoms. The van der Waals surface area contributed by atoms with E-state index in [2.05, 4.69) is 5.32 Å². The van der Waals surface area contributed by atoms with Crippen LogP contribution in [0.3, 0.4) is 0 Å². The van der Waals surface area contributed by atoms with Crippen LogP contribution >= 0.6 is 0 Å². The molecule has 1 aromatic carbocycles. The molecule has 2 aromatic rings. The smallest absolute Gasteiger partial charge is 0.408 e. The minimum atomic E-state index is -0.737. The van der Waals surface area contributed by atoms with E-state index < -0.39 is 24.3 Å². The number of carbonyl (C=O) groups excluding carboxylic acids is 3. The number of alkyl carbamates (subject to hydrolysis) is 1. The summed E-state index contributed by atoms with van der Waals surface area (Å²) in [6, 6.07) is 4.26. The Labute approximate surface area is 266 Å². The third-order valence-electron chi connectivity index (χ3n) is 10.7. The van der Waals surface area contributed by atoms with Crippen molar-refractivity contribution in [2.24, 2.45) is 17.8 Å². The second kappa shape index (κ2) is 14.3. The number of hydrogen-bond donors (Lipinski definition) is 1. The highest BCUT2D eigenvalue weighted by Crippen LogP contribution is 2.36. The van der Waals surface area contributed by atoms with Crippen LogP contribution in [0, 0.1) is 17.8 Å². The normalized spacial score (nSPS) is 30.3. The number of aryl methyl sites for hydroxylation is 1. The summed E-state index contributed by atoms with van der Waals surface area (Å²) in [6.07, 6.45) is 13.0. The highest BCUT2D eigenvalue weighted by atomic mass is 16.6.